The molecule has 8 nitrogen and oxygen atoms in total. The van der Waals surface area contributed by atoms with Crippen molar-refractivity contribution in [3.63, 3.8) is 0 Å². The molecule has 124 valence electrons. The Bertz CT molecular complexity index is 753. The molecule has 2 amide bonds. The normalized spacial score (nSPS) is 19.7. The molecule has 2 saturated heterocycles. The molecule has 2 heterocycles. The highest BCUT2D eigenvalue weighted by Crippen LogP contribution is 2.31. The fourth-order valence-corrected chi connectivity index (χ4v) is 4.37. The smallest absolute Gasteiger partial charge is 0.417 e. The Kier molecular flexibility index (Phi) is 3.77. The van der Waals surface area contributed by atoms with E-state index in [1.165, 1.54) is 17.5 Å². The first-order valence-electron chi connectivity index (χ1n) is 6.98. The molecule has 0 radical (unpaired) electrons. The van der Waals surface area contributed by atoms with E-state index in [-0.39, 0.29) is 30.3 Å². The van der Waals surface area contributed by atoms with Crippen LogP contribution in [0.25, 0.3) is 0 Å². The Hall–Kier alpha value is -2.13. The zero-order valence-corrected chi connectivity index (χ0v) is 13.5. The zero-order valence-electron chi connectivity index (χ0n) is 12.7. The first kappa shape index (κ1) is 15.8. The number of hydrogen-bond acceptors (Lipinski definition) is 6. The lowest BCUT2D eigenvalue weighted by atomic mass is 10.1. The molecule has 9 heteroatoms. The maximum atomic E-state index is 12.7. The molecular formula is C14H16N2O6S. The van der Waals surface area contributed by atoms with Crippen LogP contribution >= 0.6 is 0 Å². The van der Waals surface area contributed by atoms with Crippen LogP contribution in [0.15, 0.2) is 23.1 Å². The largest absolute Gasteiger partial charge is 0.495 e. The minimum Gasteiger partial charge on any atom is -0.495 e. The van der Waals surface area contributed by atoms with Crippen molar-refractivity contribution in [1.82, 2.24) is 9.21 Å². The summed E-state index contributed by atoms with van der Waals surface area (Å²) in [5.41, 5.74) is 0.791. The third kappa shape index (κ3) is 2.55. The number of methoxy groups -OCH3 is 1. The molecule has 1 aromatic rings. The number of amides is 2. The van der Waals surface area contributed by atoms with Crippen molar-refractivity contribution in [2.75, 3.05) is 26.8 Å². The van der Waals surface area contributed by atoms with Crippen molar-refractivity contribution >= 4 is 22.0 Å². The van der Waals surface area contributed by atoms with Gasteiger partial charge in [0.1, 0.15) is 10.6 Å². The van der Waals surface area contributed by atoms with Crippen LogP contribution in [0.4, 0.5) is 4.79 Å². The summed E-state index contributed by atoms with van der Waals surface area (Å²) in [5, 5.41) is 0. The second kappa shape index (κ2) is 5.50. The molecule has 2 aliphatic heterocycles. The van der Waals surface area contributed by atoms with Gasteiger partial charge in [-0.1, -0.05) is 6.07 Å². The van der Waals surface area contributed by atoms with E-state index in [9.17, 15) is 18.0 Å². The number of sulfonamides is 1. The summed E-state index contributed by atoms with van der Waals surface area (Å²) in [6.45, 7) is 1.62. The molecule has 0 spiro atoms. The number of imide groups is 1. The van der Waals surface area contributed by atoms with E-state index in [0.29, 0.717) is 0 Å². The monoisotopic (exact) mass is 340 g/mol. The van der Waals surface area contributed by atoms with Gasteiger partial charge in [0.05, 0.1) is 13.2 Å². The lowest BCUT2D eigenvalue weighted by Gasteiger charge is -2.40. The Morgan fingerprint density at radius 2 is 1.96 bits per heavy atom. The molecule has 2 aliphatic rings. The summed E-state index contributed by atoms with van der Waals surface area (Å²) in [7, 11) is -2.34. The molecule has 0 unspecified atom stereocenters. The number of carbonyl (C=O) groups excluding carboxylic acids is 2. The Morgan fingerprint density at radius 3 is 2.52 bits per heavy atom. The van der Waals surface area contributed by atoms with Crippen LogP contribution in [0.1, 0.15) is 5.56 Å². The van der Waals surface area contributed by atoms with Crippen molar-refractivity contribution < 1.29 is 27.5 Å². The number of carbonyl (C=O) groups is 2. The second-order valence-corrected chi connectivity index (χ2v) is 7.35. The van der Waals surface area contributed by atoms with Gasteiger partial charge in [0, 0.05) is 13.1 Å². The average molecular weight is 340 g/mol. The predicted molar refractivity (Wildman–Crippen MR) is 78.5 cm³/mol. The van der Waals surface area contributed by atoms with Crippen molar-refractivity contribution in [3.05, 3.63) is 23.8 Å². The molecule has 0 bridgehead atoms. The van der Waals surface area contributed by atoms with Gasteiger partial charge in [0.2, 0.25) is 10.0 Å². The molecule has 0 aliphatic carbocycles. The van der Waals surface area contributed by atoms with Crippen molar-refractivity contribution in [2.24, 2.45) is 0 Å². The van der Waals surface area contributed by atoms with E-state index < -0.39 is 28.1 Å². The number of aryl methyl sites for hydroxylation is 1. The number of nitrogens with zero attached hydrogens (tertiary/aromatic N) is 2. The third-order valence-electron chi connectivity index (χ3n) is 3.92. The van der Waals surface area contributed by atoms with Crippen LogP contribution in [-0.2, 0) is 19.6 Å². The number of hydrogen-bond donors (Lipinski definition) is 0. The highest BCUT2D eigenvalue weighted by atomic mass is 32.2. The van der Waals surface area contributed by atoms with E-state index >= 15 is 0 Å². The van der Waals surface area contributed by atoms with E-state index in [2.05, 4.69) is 4.74 Å². The van der Waals surface area contributed by atoms with Crippen LogP contribution < -0.4 is 4.74 Å². The summed E-state index contributed by atoms with van der Waals surface area (Å²) < 4.78 is 36.4. The molecule has 1 aromatic carbocycles. The molecule has 23 heavy (non-hydrogen) atoms. The van der Waals surface area contributed by atoms with Crippen LogP contribution in [0.2, 0.25) is 0 Å². The molecule has 2 fully saturated rings. The Labute approximate surface area is 133 Å². The summed E-state index contributed by atoms with van der Waals surface area (Å²) in [5.74, 6) is -0.180. The highest BCUT2D eigenvalue weighted by Gasteiger charge is 2.47. The minimum absolute atomic E-state index is 0.0558. The highest BCUT2D eigenvalue weighted by molar-refractivity contribution is 7.89. The lowest BCUT2D eigenvalue weighted by molar-refractivity contribution is -0.128. The van der Waals surface area contributed by atoms with Crippen molar-refractivity contribution in [2.45, 2.75) is 17.9 Å². The van der Waals surface area contributed by atoms with Gasteiger partial charge in [-0.05, 0) is 24.6 Å². The van der Waals surface area contributed by atoms with E-state index in [1.54, 1.807) is 19.1 Å². The van der Waals surface area contributed by atoms with E-state index in [0.717, 1.165) is 10.5 Å². The van der Waals surface area contributed by atoms with Gasteiger partial charge in [0.25, 0.3) is 5.91 Å². The summed E-state index contributed by atoms with van der Waals surface area (Å²) in [4.78, 5) is 24.1. The van der Waals surface area contributed by atoms with Gasteiger partial charge in [-0.3, -0.25) is 4.79 Å². The summed E-state index contributed by atoms with van der Waals surface area (Å²) >= 11 is 0. The SMILES string of the molecule is COc1ccc(C)cc1S(=O)(=O)N1CC(N2C(=O)COC2=O)C1. The standard InChI is InChI=1S/C14H16N2O6S/c1-9-3-4-11(21-2)12(5-9)23(19,20)15-6-10(7-15)16-13(17)8-22-14(16)18/h3-5,10H,6-8H2,1-2H3. The second-order valence-electron chi connectivity index (χ2n) is 5.45. The molecular weight excluding hydrogens is 324 g/mol. The van der Waals surface area contributed by atoms with Gasteiger partial charge in [-0.2, -0.15) is 4.31 Å². The molecule has 0 saturated carbocycles. The van der Waals surface area contributed by atoms with Gasteiger partial charge < -0.3 is 9.47 Å². The first-order valence-corrected chi connectivity index (χ1v) is 8.42. The van der Waals surface area contributed by atoms with Gasteiger partial charge >= 0.3 is 6.09 Å². The number of ether oxygens (including phenoxy) is 2. The van der Waals surface area contributed by atoms with Crippen LogP contribution in [-0.4, -0.2) is 62.5 Å². The minimum atomic E-state index is -3.75. The molecule has 0 aromatic heterocycles. The van der Waals surface area contributed by atoms with E-state index in [1.807, 2.05) is 0 Å². The first-order chi connectivity index (χ1) is 10.8. The number of rotatable bonds is 4. The van der Waals surface area contributed by atoms with Crippen LogP contribution in [0.3, 0.4) is 0 Å². The quantitative estimate of drug-likeness (QED) is 0.785. The maximum absolute atomic E-state index is 12.7. The van der Waals surface area contributed by atoms with Gasteiger partial charge in [-0.25, -0.2) is 18.1 Å². The van der Waals surface area contributed by atoms with Crippen molar-refractivity contribution in [3.8, 4) is 5.75 Å². The molecule has 0 atom stereocenters. The Balaban J connectivity index is 1.80. The molecule has 3 rings (SSSR count). The number of benzene rings is 1. The van der Waals surface area contributed by atoms with E-state index in [4.69, 9.17) is 4.74 Å². The lowest BCUT2D eigenvalue weighted by Crippen LogP contribution is -2.62. The summed E-state index contributed by atoms with van der Waals surface area (Å²) in [6, 6.07) is 4.41. The Morgan fingerprint density at radius 1 is 1.26 bits per heavy atom. The maximum Gasteiger partial charge on any atom is 0.417 e. The fraction of sp³-hybridized carbons (Fsp3) is 0.429. The van der Waals surface area contributed by atoms with Crippen LogP contribution in [0, 0.1) is 6.92 Å². The predicted octanol–water partition coefficient (Wildman–Crippen LogP) is 0.355. The summed E-state index contributed by atoms with van der Waals surface area (Å²) in [6.07, 6.45) is -0.717. The van der Waals surface area contributed by atoms with Crippen LogP contribution in [0.5, 0.6) is 5.75 Å². The fourth-order valence-electron chi connectivity index (χ4n) is 2.62. The average Bonchev–Trinajstić information content (AvgIpc) is 2.78. The zero-order chi connectivity index (χ0) is 16.8. The molecule has 0 N–H and O–H groups in total. The van der Waals surface area contributed by atoms with Crippen molar-refractivity contribution in [1.29, 1.82) is 0 Å². The van der Waals surface area contributed by atoms with Gasteiger partial charge in [0.15, 0.2) is 6.61 Å². The number of cyclic esters (lactones) is 1. The van der Waals surface area contributed by atoms with Gasteiger partial charge in [-0.15, -0.1) is 0 Å². The third-order valence-corrected chi connectivity index (χ3v) is 5.77. The topological polar surface area (TPSA) is 93.2 Å².